The van der Waals surface area contributed by atoms with Crippen molar-refractivity contribution in [2.24, 2.45) is 4.99 Å². The fraction of sp³-hybridized carbons (Fsp3) is 0.0909. The molecule has 82 valence electrons. The quantitative estimate of drug-likeness (QED) is 0.541. The summed E-state index contributed by atoms with van der Waals surface area (Å²) in [5.74, 6) is -1.85. The van der Waals surface area contributed by atoms with Gasteiger partial charge in [0.2, 0.25) is 0 Å². The van der Waals surface area contributed by atoms with Crippen molar-refractivity contribution in [1.82, 2.24) is 0 Å². The molecule has 1 aliphatic rings. The number of carbonyl (C=O) groups excluding carboxylic acids is 1. The summed E-state index contributed by atoms with van der Waals surface area (Å²) >= 11 is 0. The van der Waals surface area contributed by atoms with E-state index in [9.17, 15) is 13.6 Å². The molecular formula is C11H7F2NO2. The summed E-state index contributed by atoms with van der Waals surface area (Å²) in [7, 11) is 0. The van der Waals surface area contributed by atoms with Gasteiger partial charge in [0.25, 0.3) is 0 Å². The smallest absolute Gasteiger partial charge is 0.363 e. The monoisotopic (exact) mass is 223 g/mol. The molecule has 16 heavy (non-hydrogen) atoms. The molecule has 0 bridgehead atoms. The van der Waals surface area contributed by atoms with Crippen LogP contribution in [0.1, 0.15) is 12.5 Å². The summed E-state index contributed by atoms with van der Waals surface area (Å²) in [4.78, 5) is 14.9. The molecule has 0 amide bonds. The van der Waals surface area contributed by atoms with Crippen LogP contribution >= 0.6 is 0 Å². The van der Waals surface area contributed by atoms with E-state index in [1.54, 1.807) is 0 Å². The van der Waals surface area contributed by atoms with Crippen LogP contribution in [0.2, 0.25) is 0 Å². The predicted molar refractivity (Wildman–Crippen MR) is 53.5 cm³/mol. The van der Waals surface area contributed by atoms with Crippen molar-refractivity contribution < 1.29 is 18.3 Å². The van der Waals surface area contributed by atoms with Gasteiger partial charge in [-0.15, -0.1) is 0 Å². The molecule has 0 saturated carbocycles. The Kier molecular flexibility index (Phi) is 2.52. The molecule has 1 aliphatic heterocycles. The standard InChI is InChI=1S/C11H7F2NO2/c1-6-14-10(11(15)16-6)4-7-2-3-8(12)5-9(7)13/h2-5H,1H3/b10-4-. The SMILES string of the molecule is CC1=N/C(=C\c2ccc(F)cc2F)C(=O)O1. The molecule has 1 aromatic rings. The Bertz CT molecular complexity index is 521. The van der Waals surface area contributed by atoms with Crippen LogP contribution in [-0.2, 0) is 9.53 Å². The van der Waals surface area contributed by atoms with Crippen molar-refractivity contribution >= 4 is 17.9 Å². The molecule has 0 spiro atoms. The van der Waals surface area contributed by atoms with E-state index in [4.69, 9.17) is 0 Å². The van der Waals surface area contributed by atoms with Gasteiger partial charge in [-0.2, -0.15) is 0 Å². The first kappa shape index (κ1) is 10.5. The molecule has 0 aliphatic carbocycles. The van der Waals surface area contributed by atoms with Crippen LogP contribution in [0.5, 0.6) is 0 Å². The molecule has 1 aromatic carbocycles. The molecule has 1 heterocycles. The van der Waals surface area contributed by atoms with Gasteiger partial charge in [0.15, 0.2) is 11.6 Å². The summed E-state index contributed by atoms with van der Waals surface area (Å²) in [6.07, 6.45) is 1.22. The minimum Gasteiger partial charge on any atom is -0.407 e. The molecule has 5 heteroatoms. The highest BCUT2D eigenvalue weighted by Crippen LogP contribution is 2.18. The Morgan fingerprint density at radius 1 is 1.38 bits per heavy atom. The van der Waals surface area contributed by atoms with Crippen molar-refractivity contribution in [3.63, 3.8) is 0 Å². The van der Waals surface area contributed by atoms with E-state index >= 15 is 0 Å². The Hall–Kier alpha value is -2.04. The maximum Gasteiger partial charge on any atom is 0.363 e. The number of halogens is 2. The van der Waals surface area contributed by atoms with Gasteiger partial charge in [0.05, 0.1) is 0 Å². The second-order valence-electron chi connectivity index (χ2n) is 3.22. The Labute approximate surface area is 90.1 Å². The molecule has 0 saturated heterocycles. The largest absolute Gasteiger partial charge is 0.407 e. The summed E-state index contributed by atoms with van der Waals surface area (Å²) in [5, 5.41) is 0. The molecule has 2 rings (SSSR count). The number of benzene rings is 1. The van der Waals surface area contributed by atoms with Crippen molar-refractivity contribution in [2.75, 3.05) is 0 Å². The lowest BCUT2D eigenvalue weighted by Gasteiger charge is -1.96. The fourth-order valence-corrected chi connectivity index (χ4v) is 1.28. The van der Waals surface area contributed by atoms with Gasteiger partial charge < -0.3 is 4.74 Å². The Morgan fingerprint density at radius 2 is 2.12 bits per heavy atom. The van der Waals surface area contributed by atoms with Crippen LogP contribution < -0.4 is 0 Å². The third-order valence-electron chi connectivity index (χ3n) is 1.98. The van der Waals surface area contributed by atoms with Crippen LogP contribution in [0, 0.1) is 11.6 Å². The number of hydrogen-bond donors (Lipinski definition) is 0. The van der Waals surface area contributed by atoms with E-state index in [0.717, 1.165) is 12.1 Å². The fourth-order valence-electron chi connectivity index (χ4n) is 1.28. The minimum absolute atomic E-state index is 0.00279. The highest BCUT2D eigenvalue weighted by Gasteiger charge is 2.20. The van der Waals surface area contributed by atoms with E-state index < -0.39 is 17.6 Å². The Balaban J connectivity index is 2.40. The average Bonchev–Trinajstić information content (AvgIpc) is 2.50. The van der Waals surface area contributed by atoms with Gasteiger partial charge in [0.1, 0.15) is 11.6 Å². The second kappa shape index (κ2) is 3.84. The van der Waals surface area contributed by atoms with Crippen molar-refractivity contribution in [3.8, 4) is 0 Å². The maximum absolute atomic E-state index is 13.2. The van der Waals surface area contributed by atoms with E-state index in [1.807, 2.05) is 0 Å². The van der Waals surface area contributed by atoms with Crippen LogP contribution in [0.3, 0.4) is 0 Å². The number of nitrogens with zero attached hydrogens (tertiary/aromatic N) is 1. The second-order valence-corrected chi connectivity index (χ2v) is 3.22. The van der Waals surface area contributed by atoms with E-state index in [2.05, 4.69) is 9.73 Å². The predicted octanol–water partition coefficient (Wildman–Crippen LogP) is 2.28. The van der Waals surface area contributed by atoms with E-state index in [0.29, 0.717) is 0 Å². The number of aliphatic imine (C=N–C) groups is 1. The molecule has 0 fully saturated rings. The molecule has 0 radical (unpaired) electrons. The Morgan fingerprint density at radius 3 is 2.69 bits per heavy atom. The van der Waals surface area contributed by atoms with Gasteiger partial charge in [-0.3, -0.25) is 0 Å². The number of cyclic esters (lactones) is 1. The highest BCUT2D eigenvalue weighted by molar-refractivity contribution is 6.06. The first-order chi connectivity index (χ1) is 7.56. The first-order valence-electron chi connectivity index (χ1n) is 4.50. The topological polar surface area (TPSA) is 38.7 Å². The number of ether oxygens (including phenoxy) is 1. The van der Waals surface area contributed by atoms with Gasteiger partial charge in [-0.25, -0.2) is 18.6 Å². The zero-order chi connectivity index (χ0) is 11.7. The number of rotatable bonds is 1. The third-order valence-corrected chi connectivity index (χ3v) is 1.98. The molecule has 0 aromatic heterocycles. The molecular weight excluding hydrogens is 216 g/mol. The van der Waals surface area contributed by atoms with Gasteiger partial charge in [0, 0.05) is 18.6 Å². The number of carbonyl (C=O) groups is 1. The lowest BCUT2D eigenvalue weighted by atomic mass is 10.2. The minimum atomic E-state index is -0.750. The number of esters is 1. The summed E-state index contributed by atoms with van der Waals surface area (Å²) in [6.45, 7) is 1.51. The van der Waals surface area contributed by atoms with E-state index in [1.165, 1.54) is 19.1 Å². The van der Waals surface area contributed by atoms with E-state index in [-0.39, 0.29) is 17.2 Å². The van der Waals surface area contributed by atoms with Gasteiger partial charge in [-0.05, 0) is 18.2 Å². The molecule has 3 nitrogen and oxygen atoms in total. The van der Waals surface area contributed by atoms with Crippen molar-refractivity contribution in [1.29, 1.82) is 0 Å². The van der Waals surface area contributed by atoms with Gasteiger partial charge in [-0.1, -0.05) is 0 Å². The van der Waals surface area contributed by atoms with Crippen LogP contribution in [0.15, 0.2) is 28.9 Å². The third kappa shape index (κ3) is 1.98. The lowest BCUT2D eigenvalue weighted by Crippen LogP contribution is -2.00. The van der Waals surface area contributed by atoms with Crippen LogP contribution in [0.25, 0.3) is 6.08 Å². The zero-order valence-electron chi connectivity index (χ0n) is 8.33. The lowest BCUT2D eigenvalue weighted by molar-refractivity contribution is -0.130. The molecule has 0 N–H and O–H groups in total. The first-order valence-corrected chi connectivity index (χ1v) is 4.50. The molecule has 0 atom stereocenters. The summed E-state index contributed by atoms with van der Waals surface area (Å²) in [6, 6.07) is 3.07. The maximum atomic E-state index is 13.2. The average molecular weight is 223 g/mol. The zero-order valence-corrected chi connectivity index (χ0v) is 8.33. The van der Waals surface area contributed by atoms with Crippen molar-refractivity contribution in [3.05, 3.63) is 41.1 Å². The van der Waals surface area contributed by atoms with Crippen LogP contribution in [-0.4, -0.2) is 11.9 Å². The molecule has 0 unspecified atom stereocenters. The highest BCUT2D eigenvalue weighted by atomic mass is 19.1. The van der Waals surface area contributed by atoms with Crippen molar-refractivity contribution in [2.45, 2.75) is 6.92 Å². The number of hydrogen-bond acceptors (Lipinski definition) is 3. The van der Waals surface area contributed by atoms with Crippen LogP contribution in [0.4, 0.5) is 8.78 Å². The summed E-state index contributed by atoms with van der Waals surface area (Å²) in [5.41, 5.74) is 0.0924. The normalized spacial score (nSPS) is 17.6. The summed E-state index contributed by atoms with van der Waals surface area (Å²) < 4.78 is 30.5. The van der Waals surface area contributed by atoms with Gasteiger partial charge >= 0.3 is 5.97 Å².